The number of nitrogens with two attached hydrogens (primary N) is 2. The molecule has 0 saturated heterocycles. The van der Waals surface area contributed by atoms with E-state index in [0.29, 0.717) is 6.54 Å². The molecular weight excluding hydrogens is 442 g/mol. The van der Waals surface area contributed by atoms with Gasteiger partial charge in [-0.25, -0.2) is 0 Å². The van der Waals surface area contributed by atoms with E-state index in [1.807, 2.05) is 0 Å². The average molecular weight is 466 g/mol. The maximum absolute atomic E-state index is 8.89. The van der Waals surface area contributed by atoms with Gasteiger partial charge in [-0.2, -0.15) is 6.42 Å². The van der Waals surface area contributed by atoms with Crippen molar-refractivity contribution in [1.29, 1.82) is 0 Å². The fourth-order valence-corrected chi connectivity index (χ4v) is 0.0962. The van der Waals surface area contributed by atoms with Crippen LogP contribution in [0, 0.1) is 76.0 Å². The minimum absolute atomic E-state index is 0. The van der Waals surface area contributed by atoms with Crippen LogP contribution in [-0.2, 0) is 19.2 Å². The van der Waals surface area contributed by atoms with Gasteiger partial charge < -0.3 is 38.0 Å². The molecule has 0 aromatic rings. The van der Waals surface area contributed by atoms with E-state index in [4.69, 9.17) is 51.1 Å². The largest absolute Gasteiger partial charge is 0.503 e. The van der Waals surface area contributed by atoms with E-state index in [9.17, 15) is 0 Å². The zero-order valence-electron chi connectivity index (χ0n) is 12.6. The maximum Gasteiger partial charge on any atom is 0.161 e. The predicted molar refractivity (Wildman–Crippen MR) is 79.2 cm³/mol. The molecule has 0 atom stereocenters. The first-order valence-electron chi connectivity index (χ1n) is 4.77. The van der Waals surface area contributed by atoms with Crippen LogP contribution in [0.1, 0.15) is 6.42 Å². The first-order valence-corrected chi connectivity index (χ1v) is 4.77. The number of carboxylic acids is 4. The van der Waals surface area contributed by atoms with Crippen LogP contribution >= 0.6 is 0 Å². The molecule has 140 valence electrons. The molecule has 0 aromatic carbocycles. The second-order valence-corrected chi connectivity index (χ2v) is 2.39. The molecule has 11 N–H and O–H groups in total. The van der Waals surface area contributed by atoms with Crippen molar-refractivity contribution in [1.82, 2.24) is 6.15 Å². The summed E-state index contributed by atoms with van der Waals surface area (Å²) in [5.41, 5.74) is 9.96. The van der Waals surface area contributed by atoms with Crippen molar-refractivity contribution in [3.63, 3.8) is 0 Å². The zero-order chi connectivity index (χ0) is 18.4. The second kappa shape index (κ2) is 42.8. The van der Waals surface area contributed by atoms with E-state index in [0.717, 1.165) is 6.42 Å². The molecule has 12 heteroatoms. The Kier molecular flexibility index (Phi) is 80.0. The van der Waals surface area contributed by atoms with E-state index in [2.05, 4.69) is 27.7 Å². The summed E-state index contributed by atoms with van der Waals surface area (Å²) in [5.74, 6) is -4.33. The van der Waals surface area contributed by atoms with Crippen molar-refractivity contribution in [2.45, 2.75) is 6.42 Å². The molecule has 0 unspecified atom stereocenters. The molecule has 0 heterocycles. The summed E-state index contributed by atoms with van der Waals surface area (Å²) in [6.07, 6.45) is 0.819. The van der Waals surface area contributed by atoms with E-state index in [1.54, 1.807) is 6.54 Å². The molecule has 11 nitrogen and oxygen atoms in total. The van der Waals surface area contributed by atoms with Crippen LogP contribution in [0.2, 0.25) is 0 Å². The number of aliphatic carboxylic acids is 4. The molecule has 0 aliphatic rings. The van der Waals surface area contributed by atoms with Crippen LogP contribution in [0.3, 0.4) is 0 Å². The molecule has 23 heavy (non-hydrogen) atoms. The Morgan fingerprint density at radius 2 is 0.913 bits per heavy atom. The molecular formula is C11H24CeN3O8-5. The van der Waals surface area contributed by atoms with Gasteiger partial charge in [0, 0.05) is 41.7 Å². The molecule has 0 radical (unpaired) electrons. The van der Waals surface area contributed by atoms with Crippen molar-refractivity contribution < 1.29 is 81.4 Å². The van der Waals surface area contributed by atoms with Gasteiger partial charge in [-0.1, -0.05) is 0 Å². The third kappa shape index (κ3) is 18800. The van der Waals surface area contributed by atoms with E-state index < -0.39 is 23.9 Å². The van der Waals surface area contributed by atoms with Gasteiger partial charge in [-0.3, -0.25) is 53.4 Å². The quantitative estimate of drug-likeness (QED) is 0.250. The van der Waals surface area contributed by atoms with Gasteiger partial charge in [0.1, 0.15) is 0 Å². The van der Waals surface area contributed by atoms with Crippen molar-refractivity contribution in [3.8, 4) is 0 Å². The number of carbonyl (C=O) groups is 4. The average Bonchev–Trinajstić information content (AvgIpc) is 2.14. The van der Waals surface area contributed by atoms with Gasteiger partial charge in [-0.05, 0) is 6.54 Å². The Morgan fingerprint density at radius 3 is 0.913 bits per heavy atom. The minimum Gasteiger partial charge on any atom is -0.503 e. The third-order valence-electron chi connectivity index (χ3n) is 0.333. The number of hydrogen-bond donors (Lipinski definition) is 7. The van der Waals surface area contributed by atoms with Gasteiger partial charge >= 0.3 is 0 Å². The Labute approximate surface area is 169 Å². The van der Waals surface area contributed by atoms with Crippen molar-refractivity contribution >= 4 is 23.9 Å². The Bertz CT molecular complexity index is 212. The molecule has 0 rings (SSSR count). The summed E-state index contributed by atoms with van der Waals surface area (Å²) in [6.45, 7) is 12.4. The summed E-state index contributed by atoms with van der Waals surface area (Å²) in [4.78, 5) is 35.6. The molecule has 0 saturated carbocycles. The fourth-order valence-electron chi connectivity index (χ4n) is 0.0962. The standard InChI is InChI=1S/C3H9N2.4C2H3O2.Ce.H3N/c4-2-1-3-5;4*1-2(3)4;;/h2H,1,3-5H2;4*1H2,(H,3,4);;1H3/q5*-1;;. The van der Waals surface area contributed by atoms with Crippen molar-refractivity contribution in [2.75, 3.05) is 6.54 Å². The van der Waals surface area contributed by atoms with E-state index in [1.165, 1.54) is 0 Å². The van der Waals surface area contributed by atoms with Gasteiger partial charge in [0.05, 0.1) is 0 Å². The van der Waals surface area contributed by atoms with Crippen LogP contribution in [0.4, 0.5) is 0 Å². The molecule has 0 spiro atoms. The first kappa shape index (κ1) is 43.0. The monoisotopic (exact) mass is 466 g/mol. The number of carboxylic acid groups (broad SMARTS) is 4. The van der Waals surface area contributed by atoms with Gasteiger partial charge in [0.2, 0.25) is 0 Å². The smallest absolute Gasteiger partial charge is 0.161 e. The van der Waals surface area contributed by atoms with Crippen molar-refractivity contribution in [3.05, 3.63) is 34.2 Å². The maximum atomic E-state index is 8.89. The first-order chi connectivity index (χ1) is 9.34. The summed E-state index contributed by atoms with van der Waals surface area (Å²) < 4.78 is 0. The van der Waals surface area contributed by atoms with Crippen LogP contribution in [0.15, 0.2) is 0 Å². The van der Waals surface area contributed by atoms with Gasteiger partial charge in [-0.15, -0.1) is 0 Å². The Balaban J connectivity index is -0.0000000273. The molecule has 0 aliphatic carbocycles. The Hall–Kier alpha value is -1.38. The van der Waals surface area contributed by atoms with E-state index >= 15 is 0 Å². The summed E-state index contributed by atoms with van der Waals surface area (Å²) in [6, 6.07) is 0. The number of hydrogen-bond acceptors (Lipinski definition) is 7. The van der Waals surface area contributed by atoms with E-state index in [-0.39, 0.29) is 47.9 Å². The molecule has 0 aliphatic heterocycles. The van der Waals surface area contributed by atoms with Crippen molar-refractivity contribution in [2.24, 2.45) is 11.5 Å². The summed E-state index contributed by atoms with van der Waals surface area (Å²) >= 11 is 0. The van der Waals surface area contributed by atoms with Crippen LogP contribution in [-0.4, -0.2) is 50.8 Å². The van der Waals surface area contributed by atoms with Crippen LogP contribution in [0.5, 0.6) is 0 Å². The number of rotatable bonds is 2. The van der Waals surface area contributed by atoms with Crippen LogP contribution in [0.25, 0.3) is 0 Å². The minimum atomic E-state index is -1.08. The molecule has 0 amide bonds. The third-order valence-corrected chi connectivity index (χ3v) is 0.333. The predicted octanol–water partition coefficient (Wildman–Crippen LogP) is -0.762. The SMILES string of the molecule is N.N[CH-]CCN.[CH2-]C(=O)O.[CH2-]C(=O)O.[CH2-]C(=O)O.[CH2-]C(=O)O.[Ce]. The van der Waals surface area contributed by atoms with Gasteiger partial charge in [0.25, 0.3) is 0 Å². The molecule has 0 aromatic heterocycles. The molecule has 0 bridgehead atoms. The summed E-state index contributed by atoms with van der Waals surface area (Å²) in [5, 5.41) is 29.2. The van der Waals surface area contributed by atoms with Gasteiger partial charge in [0.15, 0.2) is 23.9 Å². The summed E-state index contributed by atoms with van der Waals surface area (Å²) in [7, 11) is 0. The normalized spacial score (nSPS) is 6.00. The second-order valence-electron chi connectivity index (χ2n) is 2.39. The topological polar surface area (TPSA) is 236 Å². The van der Waals surface area contributed by atoms with Crippen LogP contribution < -0.4 is 17.6 Å². The fraction of sp³-hybridized carbons (Fsp3) is 0.182. The molecule has 0 fully saturated rings. The Morgan fingerprint density at radius 1 is 0.783 bits per heavy atom. The zero-order valence-corrected chi connectivity index (χ0v) is 15.7.